The zero-order valence-electron chi connectivity index (χ0n) is 7.36. The molecule has 0 bridgehead atoms. The molecule has 0 atom stereocenters. The molecule has 2 rings (SSSR count). The average molecular weight is 194 g/mol. The van der Waals surface area contributed by atoms with Crippen LogP contribution in [0.5, 0.6) is 0 Å². The lowest BCUT2D eigenvalue weighted by molar-refractivity contribution is 0.0693. The quantitative estimate of drug-likeness (QED) is 0.746. The van der Waals surface area contributed by atoms with Crippen LogP contribution in [0.1, 0.15) is 10.5 Å². The summed E-state index contributed by atoms with van der Waals surface area (Å²) < 4.78 is 14.8. The first kappa shape index (κ1) is 8.68. The number of nitrogens with zero attached hydrogens (tertiary/aromatic N) is 2. The normalized spacial score (nSPS) is 10.7. The van der Waals surface area contributed by atoms with E-state index in [0.717, 1.165) is 6.20 Å². The first-order chi connectivity index (χ1) is 6.61. The number of carboxylic acids is 1. The van der Waals surface area contributed by atoms with Crippen LogP contribution in [0, 0.1) is 5.82 Å². The summed E-state index contributed by atoms with van der Waals surface area (Å²) in [5, 5.41) is 9.11. The van der Waals surface area contributed by atoms with Gasteiger partial charge in [-0.3, -0.25) is 0 Å². The highest BCUT2D eigenvalue weighted by atomic mass is 19.1. The third-order valence-corrected chi connectivity index (χ3v) is 2.06. The monoisotopic (exact) mass is 194 g/mol. The number of aromatic carboxylic acids is 1. The molecular formula is C9H7FN2O2. The van der Waals surface area contributed by atoms with Crippen LogP contribution in [-0.2, 0) is 7.05 Å². The van der Waals surface area contributed by atoms with Crippen LogP contribution in [-0.4, -0.2) is 20.6 Å². The Hall–Kier alpha value is -1.91. The van der Waals surface area contributed by atoms with Crippen molar-refractivity contribution in [3.05, 3.63) is 30.0 Å². The van der Waals surface area contributed by atoms with Crippen molar-refractivity contribution in [2.45, 2.75) is 0 Å². The van der Waals surface area contributed by atoms with Gasteiger partial charge in [0.2, 0.25) is 0 Å². The van der Waals surface area contributed by atoms with E-state index in [1.165, 1.54) is 10.6 Å². The van der Waals surface area contributed by atoms with E-state index in [2.05, 4.69) is 4.98 Å². The number of pyridine rings is 1. The van der Waals surface area contributed by atoms with Crippen molar-refractivity contribution in [1.82, 2.24) is 9.55 Å². The molecule has 2 aromatic rings. The smallest absolute Gasteiger partial charge is 0.355 e. The number of fused-ring (bicyclic) bond motifs is 1. The first-order valence-electron chi connectivity index (χ1n) is 3.94. The van der Waals surface area contributed by atoms with Crippen molar-refractivity contribution in [2.75, 3.05) is 0 Å². The van der Waals surface area contributed by atoms with Gasteiger partial charge >= 0.3 is 5.97 Å². The number of rotatable bonds is 1. The minimum Gasteiger partial charge on any atom is -0.476 e. The van der Waals surface area contributed by atoms with E-state index in [1.807, 2.05) is 0 Å². The van der Waals surface area contributed by atoms with Gasteiger partial charge in [0.25, 0.3) is 0 Å². The molecule has 14 heavy (non-hydrogen) atoms. The lowest BCUT2D eigenvalue weighted by Crippen LogP contribution is -2.02. The number of carbonyl (C=O) groups is 1. The summed E-state index contributed by atoms with van der Waals surface area (Å²) in [6.07, 6.45) is 2.52. The van der Waals surface area contributed by atoms with Crippen molar-refractivity contribution in [3.63, 3.8) is 0 Å². The maximum atomic E-state index is 13.2. The number of aryl methyl sites for hydroxylation is 1. The van der Waals surface area contributed by atoms with Crippen molar-refractivity contribution in [3.8, 4) is 0 Å². The summed E-state index contributed by atoms with van der Waals surface area (Å²) in [6.45, 7) is 0. The van der Waals surface area contributed by atoms with Crippen LogP contribution in [0.4, 0.5) is 4.39 Å². The minimum atomic E-state index is -1.15. The molecule has 0 aliphatic heterocycles. The fourth-order valence-corrected chi connectivity index (χ4v) is 1.44. The average Bonchev–Trinajstić information content (AvgIpc) is 2.49. The van der Waals surface area contributed by atoms with E-state index in [-0.39, 0.29) is 11.2 Å². The fourth-order valence-electron chi connectivity index (χ4n) is 1.44. The Kier molecular flexibility index (Phi) is 1.73. The van der Waals surface area contributed by atoms with Gasteiger partial charge in [-0.25, -0.2) is 14.2 Å². The van der Waals surface area contributed by atoms with Crippen LogP contribution in [0.3, 0.4) is 0 Å². The minimum absolute atomic E-state index is 0.123. The van der Waals surface area contributed by atoms with E-state index in [9.17, 15) is 9.18 Å². The molecule has 0 aliphatic rings. The molecule has 5 heteroatoms. The third-order valence-electron chi connectivity index (χ3n) is 2.06. The summed E-state index contributed by atoms with van der Waals surface area (Å²) in [7, 11) is 1.65. The maximum Gasteiger partial charge on any atom is 0.355 e. The second-order valence-electron chi connectivity index (χ2n) is 2.95. The molecule has 2 heterocycles. The van der Waals surface area contributed by atoms with E-state index < -0.39 is 11.8 Å². The van der Waals surface area contributed by atoms with Gasteiger partial charge in [0.1, 0.15) is 0 Å². The Balaban J connectivity index is 2.90. The summed E-state index contributed by atoms with van der Waals surface area (Å²) in [6, 6.07) is 1.54. The molecule has 0 unspecified atom stereocenters. The van der Waals surface area contributed by atoms with Gasteiger partial charge in [0.05, 0.1) is 11.7 Å². The fraction of sp³-hybridized carbons (Fsp3) is 0.111. The Morgan fingerprint density at radius 1 is 1.64 bits per heavy atom. The molecule has 0 aliphatic carbocycles. The van der Waals surface area contributed by atoms with Crippen molar-refractivity contribution < 1.29 is 14.3 Å². The zero-order valence-corrected chi connectivity index (χ0v) is 7.36. The van der Waals surface area contributed by atoms with Crippen LogP contribution >= 0.6 is 0 Å². The predicted octanol–water partition coefficient (Wildman–Crippen LogP) is 1.41. The summed E-state index contributed by atoms with van der Waals surface area (Å²) in [5.74, 6) is -1.67. The molecule has 2 aromatic heterocycles. The third kappa shape index (κ3) is 1.06. The first-order valence-corrected chi connectivity index (χ1v) is 3.94. The highest BCUT2D eigenvalue weighted by Gasteiger charge is 2.14. The van der Waals surface area contributed by atoms with Crippen LogP contribution in [0.25, 0.3) is 10.9 Å². The molecule has 4 nitrogen and oxygen atoms in total. The molecule has 0 spiro atoms. The Bertz CT molecular complexity index is 519. The summed E-state index contributed by atoms with van der Waals surface area (Å²) >= 11 is 0. The van der Waals surface area contributed by atoms with E-state index in [1.54, 1.807) is 13.2 Å². The largest absolute Gasteiger partial charge is 0.476 e. The van der Waals surface area contributed by atoms with Crippen molar-refractivity contribution in [1.29, 1.82) is 0 Å². The topological polar surface area (TPSA) is 55.1 Å². The molecule has 1 N–H and O–H groups in total. The van der Waals surface area contributed by atoms with Gasteiger partial charge < -0.3 is 9.67 Å². The van der Waals surface area contributed by atoms with Crippen LogP contribution in [0.2, 0.25) is 0 Å². The number of halogens is 1. The molecule has 0 saturated carbocycles. The summed E-state index contributed by atoms with van der Waals surface area (Å²) in [5.41, 5.74) is 0.138. The maximum absolute atomic E-state index is 13.2. The molecule has 0 saturated heterocycles. The van der Waals surface area contributed by atoms with Gasteiger partial charge in [-0.2, -0.15) is 0 Å². The van der Waals surface area contributed by atoms with Gasteiger partial charge in [0.15, 0.2) is 11.5 Å². The highest BCUT2D eigenvalue weighted by Crippen LogP contribution is 2.20. The van der Waals surface area contributed by atoms with Crippen LogP contribution in [0.15, 0.2) is 18.5 Å². The number of carboxylic acid groups (broad SMARTS) is 1. The number of hydrogen-bond donors (Lipinski definition) is 1. The lowest BCUT2D eigenvalue weighted by Gasteiger charge is -1.99. The lowest BCUT2D eigenvalue weighted by atomic mass is 10.2. The SMILES string of the molecule is Cn1ccc2c(C(=O)O)ncc(F)c21. The van der Waals surface area contributed by atoms with E-state index in [0.29, 0.717) is 5.39 Å². The number of hydrogen-bond acceptors (Lipinski definition) is 2. The molecule has 0 radical (unpaired) electrons. The highest BCUT2D eigenvalue weighted by molar-refractivity contribution is 6.01. The molecular weight excluding hydrogens is 187 g/mol. The van der Waals surface area contributed by atoms with Gasteiger partial charge in [-0.05, 0) is 6.07 Å². The second kappa shape index (κ2) is 2.80. The van der Waals surface area contributed by atoms with Crippen LogP contribution < -0.4 is 0 Å². The van der Waals surface area contributed by atoms with Gasteiger partial charge in [-0.1, -0.05) is 0 Å². The zero-order chi connectivity index (χ0) is 10.3. The molecule has 0 fully saturated rings. The molecule has 0 aromatic carbocycles. The van der Waals surface area contributed by atoms with Crippen molar-refractivity contribution in [2.24, 2.45) is 7.05 Å². The van der Waals surface area contributed by atoms with E-state index in [4.69, 9.17) is 5.11 Å². The van der Waals surface area contributed by atoms with Gasteiger partial charge in [-0.15, -0.1) is 0 Å². The number of aromatic nitrogens is 2. The standard InChI is InChI=1S/C9H7FN2O2/c1-12-3-2-5-7(9(13)14)11-4-6(10)8(5)12/h2-4H,1H3,(H,13,14). The molecule has 0 amide bonds. The summed E-state index contributed by atoms with van der Waals surface area (Å²) in [4.78, 5) is 14.3. The van der Waals surface area contributed by atoms with E-state index >= 15 is 0 Å². The Morgan fingerprint density at radius 3 is 3.00 bits per heavy atom. The second-order valence-corrected chi connectivity index (χ2v) is 2.95. The predicted molar refractivity (Wildman–Crippen MR) is 47.6 cm³/mol. The van der Waals surface area contributed by atoms with Gasteiger partial charge in [0, 0.05) is 18.6 Å². The Morgan fingerprint density at radius 2 is 2.36 bits per heavy atom. The Labute approximate surface area is 78.6 Å². The molecule has 72 valence electrons. The van der Waals surface area contributed by atoms with Crippen molar-refractivity contribution >= 4 is 16.9 Å².